The number of halogens is 1. The molecule has 0 unspecified atom stereocenters. The smallest absolute Gasteiger partial charge is 0.225 e. The van der Waals surface area contributed by atoms with Gasteiger partial charge in [0.15, 0.2) is 0 Å². The summed E-state index contributed by atoms with van der Waals surface area (Å²) in [5.74, 6) is 0.517. The molecule has 0 bridgehead atoms. The fourth-order valence-corrected chi connectivity index (χ4v) is 1.13. The Morgan fingerprint density at radius 1 is 1.57 bits per heavy atom. The molecule has 1 aromatic rings. The molecular weight excluding hydrogens is 200 g/mol. The van der Waals surface area contributed by atoms with Crippen LogP contribution in [0.15, 0.2) is 18.2 Å². The third-order valence-electron chi connectivity index (χ3n) is 1.58. The number of rotatable bonds is 4. The van der Waals surface area contributed by atoms with Crippen molar-refractivity contribution in [1.82, 2.24) is 9.97 Å². The zero-order valence-corrected chi connectivity index (χ0v) is 9.14. The van der Waals surface area contributed by atoms with Gasteiger partial charge in [0.05, 0.1) is 6.61 Å². The quantitative estimate of drug-likeness (QED) is 0.569. The highest BCUT2D eigenvalue weighted by Gasteiger charge is 2.00. The van der Waals surface area contributed by atoms with E-state index in [1.807, 2.05) is 13.8 Å². The molecule has 1 aromatic heterocycles. The summed E-state index contributed by atoms with van der Waals surface area (Å²) < 4.78 is 5.38. The highest BCUT2D eigenvalue weighted by Crippen LogP contribution is 2.12. The largest absolute Gasteiger partial charge is 0.477 e. The Balaban J connectivity index is 2.54. The van der Waals surface area contributed by atoms with E-state index >= 15 is 0 Å². The zero-order chi connectivity index (χ0) is 10.6. The monoisotopic (exact) mass is 212 g/mol. The second kappa shape index (κ2) is 4.96. The van der Waals surface area contributed by atoms with Gasteiger partial charge in [-0.2, -0.15) is 4.98 Å². The molecule has 0 aliphatic heterocycles. The Hall–Kier alpha value is -1.09. The van der Waals surface area contributed by atoms with Crippen molar-refractivity contribution >= 4 is 11.6 Å². The van der Waals surface area contributed by atoms with Crippen LogP contribution in [0.5, 0.6) is 5.88 Å². The molecule has 14 heavy (non-hydrogen) atoms. The summed E-state index contributed by atoms with van der Waals surface area (Å²) in [5, 5.41) is 0.218. The number of ether oxygens (including phenoxy) is 1. The number of aromatic nitrogens is 2. The molecule has 0 radical (unpaired) electrons. The SMILES string of the molecule is C=C(C)CCOc1cc(C)nc(Cl)n1. The molecule has 3 nitrogen and oxygen atoms in total. The lowest BCUT2D eigenvalue weighted by Gasteiger charge is -2.05. The number of nitrogens with zero attached hydrogens (tertiary/aromatic N) is 2. The van der Waals surface area contributed by atoms with Gasteiger partial charge in [-0.3, -0.25) is 0 Å². The Labute approximate surface area is 88.8 Å². The van der Waals surface area contributed by atoms with E-state index < -0.39 is 0 Å². The lowest BCUT2D eigenvalue weighted by atomic mass is 10.3. The Bertz CT molecular complexity index is 319. The van der Waals surface area contributed by atoms with Gasteiger partial charge >= 0.3 is 0 Å². The van der Waals surface area contributed by atoms with Crippen LogP contribution < -0.4 is 4.74 Å². The van der Waals surface area contributed by atoms with E-state index in [0.29, 0.717) is 12.5 Å². The molecule has 1 rings (SSSR count). The van der Waals surface area contributed by atoms with E-state index in [1.165, 1.54) is 0 Å². The molecule has 0 aliphatic carbocycles. The van der Waals surface area contributed by atoms with Crippen molar-refractivity contribution < 1.29 is 4.74 Å². The Kier molecular flexibility index (Phi) is 3.89. The third-order valence-corrected chi connectivity index (χ3v) is 1.75. The van der Waals surface area contributed by atoms with Gasteiger partial charge in [-0.25, -0.2) is 4.98 Å². The van der Waals surface area contributed by atoms with E-state index in [1.54, 1.807) is 6.07 Å². The molecule has 0 aromatic carbocycles. The maximum atomic E-state index is 5.67. The summed E-state index contributed by atoms with van der Waals surface area (Å²) in [6, 6.07) is 1.75. The highest BCUT2D eigenvalue weighted by atomic mass is 35.5. The predicted octanol–water partition coefficient (Wildman–Crippen LogP) is 2.78. The minimum atomic E-state index is 0.218. The first kappa shape index (κ1) is 11.0. The van der Waals surface area contributed by atoms with Crippen molar-refractivity contribution in [2.24, 2.45) is 0 Å². The van der Waals surface area contributed by atoms with Crippen LogP contribution >= 0.6 is 11.6 Å². The maximum Gasteiger partial charge on any atom is 0.225 e. The van der Waals surface area contributed by atoms with Crippen molar-refractivity contribution in [1.29, 1.82) is 0 Å². The van der Waals surface area contributed by atoms with Gasteiger partial charge in [0.25, 0.3) is 0 Å². The fraction of sp³-hybridized carbons (Fsp3) is 0.400. The lowest BCUT2D eigenvalue weighted by molar-refractivity contribution is 0.308. The van der Waals surface area contributed by atoms with Crippen LogP contribution in [0.1, 0.15) is 19.0 Å². The second-order valence-electron chi connectivity index (χ2n) is 3.17. The van der Waals surface area contributed by atoms with E-state index in [2.05, 4.69) is 16.5 Å². The average Bonchev–Trinajstić information content (AvgIpc) is 2.01. The number of aryl methyl sites for hydroxylation is 1. The number of hydrogen-bond donors (Lipinski definition) is 0. The summed E-state index contributed by atoms with van der Waals surface area (Å²) in [6.45, 7) is 8.16. The van der Waals surface area contributed by atoms with Gasteiger partial charge in [0.1, 0.15) is 0 Å². The maximum absolute atomic E-state index is 5.67. The molecule has 4 heteroatoms. The van der Waals surface area contributed by atoms with Gasteiger partial charge < -0.3 is 4.74 Å². The lowest BCUT2D eigenvalue weighted by Crippen LogP contribution is -2.00. The second-order valence-corrected chi connectivity index (χ2v) is 3.51. The number of hydrogen-bond acceptors (Lipinski definition) is 3. The minimum absolute atomic E-state index is 0.218. The average molecular weight is 213 g/mol. The minimum Gasteiger partial charge on any atom is -0.477 e. The molecule has 1 heterocycles. The fourth-order valence-electron chi connectivity index (χ4n) is 0.908. The van der Waals surface area contributed by atoms with Crippen molar-refractivity contribution in [3.63, 3.8) is 0 Å². The topological polar surface area (TPSA) is 35.0 Å². The van der Waals surface area contributed by atoms with E-state index in [4.69, 9.17) is 16.3 Å². The summed E-state index contributed by atoms with van der Waals surface area (Å²) in [7, 11) is 0. The van der Waals surface area contributed by atoms with Crippen LogP contribution in [0, 0.1) is 6.92 Å². The first-order valence-electron chi connectivity index (χ1n) is 4.36. The molecule has 0 fully saturated rings. The standard InChI is InChI=1S/C10H13ClN2O/c1-7(2)4-5-14-9-6-8(3)12-10(11)13-9/h6H,1,4-5H2,2-3H3. The van der Waals surface area contributed by atoms with Crippen LogP contribution in [-0.4, -0.2) is 16.6 Å². The van der Waals surface area contributed by atoms with Gasteiger partial charge in [0.2, 0.25) is 11.2 Å². The van der Waals surface area contributed by atoms with Crippen LogP contribution in [0.25, 0.3) is 0 Å². The summed E-state index contributed by atoms with van der Waals surface area (Å²) in [4.78, 5) is 7.87. The van der Waals surface area contributed by atoms with Crippen molar-refractivity contribution in [3.05, 3.63) is 29.2 Å². The normalized spacial score (nSPS) is 9.93. The summed E-state index contributed by atoms with van der Waals surface area (Å²) in [5.41, 5.74) is 1.89. The van der Waals surface area contributed by atoms with Crippen LogP contribution in [-0.2, 0) is 0 Å². The van der Waals surface area contributed by atoms with Crippen LogP contribution in [0.3, 0.4) is 0 Å². The Morgan fingerprint density at radius 3 is 2.86 bits per heavy atom. The summed E-state index contributed by atoms with van der Waals surface area (Å²) >= 11 is 5.67. The molecule has 0 saturated carbocycles. The van der Waals surface area contributed by atoms with Crippen molar-refractivity contribution in [3.8, 4) is 5.88 Å². The molecule has 0 atom stereocenters. The third kappa shape index (κ3) is 3.75. The van der Waals surface area contributed by atoms with E-state index in [9.17, 15) is 0 Å². The van der Waals surface area contributed by atoms with Crippen LogP contribution in [0.4, 0.5) is 0 Å². The molecule has 0 amide bonds. The first-order valence-corrected chi connectivity index (χ1v) is 4.74. The molecular formula is C10H13ClN2O. The zero-order valence-electron chi connectivity index (χ0n) is 8.38. The van der Waals surface area contributed by atoms with Crippen LogP contribution in [0.2, 0.25) is 5.28 Å². The summed E-state index contributed by atoms with van der Waals surface area (Å²) in [6.07, 6.45) is 0.820. The van der Waals surface area contributed by atoms with Gasteiger partial charge in [-0.1, -0.05) is 5.57 Å². The molecule has 0 saturated heterocycles. The molecule has 0 N–H and O–H groups in total. The highest BCUT2D eigenvalue weighted by molar-refractivity contribution is 6.28. The van der Waals surface area contributed by atoms with Crippen molar-refractivity contribution in [2.75, 3.05) is 6.61 Å². The van der Waals surface area contributed by atoms with E-state index in [0.717, 1.165) is 17.7 Å². The molecule has 0 aliphatic rings. The molecule has 76 valence electrons. The first-order chi connectivity index (χ1) is 6.58. The van der Waals surface area contributed by atoms with E-state index in [-0.39, 0.29) is 5.28 Å². The van der Waals surface area contributed by atoms with Gasteiger partial charge in [-0.15, -0.1) is 6.58 Å². The van der Waals surface area contributed by atoms with Gasteiger partial charge in [0, 0.05) is 18.2 Å². The Morgan fingerprint density at radius 2 is 2.29 bits per heavy atom. The predicted molar refractivity (Wildman–Crippen MR) is 56.7 cm³/mol. The molecule has 0 spiro atoms. The van der Waals surface area contributed by atoms with Crippen molar-refractivity contribution in [2.45, 2.75) is 20.3 Å². The van der Waals surface area contributed by atoms with Gasteiger partial charge in [-0.05, 0) is 25.4 Å².